The number of pyridine rings is 1. The molecule has 25 heavy (non-hydrogen) atoms. The molecule has 0 saturated heterocycles. The number of aromatic nitrogens is 1. The fourth-order valence-corrected chi connectivity index (χ4v) is 8.49. The summed E-state index contributed by atoms with van der Waals surface area (Å²) in [4.78, 5) is 4.86. The zero-order valence-electron chi connectivity index (χ0n) is 16.0. The molecule has 1 heterocycles. The van der Waals surface area contributed by atoms with E-state index in [9.17, 15) is 0 Å². The second-order valence-corrected chi connectivity index (χ2v) is 19.9. The van der Waals surface area contributed by atoms with Gasteiger partial charge in [0.15, 0.2) is 0 Å². The molecule has 0 radical (unpaired) electrons. The second kappa shape index (κ2) is 6.91. The summed E-state index contributed by atoms with van der Waals surface area (Å²) < 4.78 is 1.63. The van der Waals surface area contributed by atoms with Crippen molar-refractivity contribution in [2.45, 2.75) is 55.8 Å². The van der Waals surface area contributed by atoms with Gasteiger partial charge in [0.25, 0.3) is 0 Å². The summed E-state index contributed by atoms with van der Waals surface area (Å²) >= 11 is -1.90. The van der Waals surface area contributed by atoms with Crippen LogP contribution in [0.25, 0.3) is 11.3 Å². The van der Waals surface area contributed by atoms with Crippen LogP contribution in [0.1, 0.15) is 37.7 Å². The molecule has 0 amide bonds. The predicted octanol–water partition coefficient (Wildman–Crippen LogP) is 5.66. The van der Waals surface area contributed by atoms with Gasteiger partial charge >= 0.3 is 156 Å². The van der Waals surface area contributed by atoms with Crippen LogP contribution >= 0.6 is 0 Å². The molecular weight excluding hydrogens is 363 g/mol. The molecule has 0 spiro atoms. The molecule has 1 unspecified atom stereocenters. The van der Waals surface area contributed by atoms with Crippen molar-refractivity contribution >= 4 is 17.7 Å². The molecule has 1 aromatic heterocycles. The Morgan fingerprint density at radius 3 is 2.32 bits per heavy atom. The van der Waals surface area contributed by atoms with E-state index in [2.05, 4.69) is 59.9 Å². The van der Waals surface area contributed by atoms with Gasteiger partial charge in [0.1, 0.15) is 0 Å². The van der Waals surface area contributed by atoms with Crippen LogP contribution in [0.3, 0.4) is 0 Å². The zero-order chi connectivity index (χ0) is 17.4. The Kier molecular flexibility index (Phi) is 4.79. The van der Waals surface area contributed by atoms with Crippen molar-refractivity contribution < 1.29 is 0 Å². The normalized spacial score (nSPS) is 26.0. The fourth-order valence-electron chi connectivity index (χ4n) is 5.16. The topological polar surface area (TPSA) is 12.9 Å². The van der Waals surface area contributed by atoms with Crippen molar-refractivity contribution in [1.82, 2.24) is 4.98 Å². The van der Waals surface area contributed by atoms with E-state index in [1.54, 1.807) is 9.96 Å². The van der Waals surface area contributed by atoms with E-state index in [4.69, 9.17) is 4.98 Å². The Bertz CT molecular complexity index is 724. The minimum atomic E-state index is -1.90. The molecule has 1 aromatic carbocycles. The molecule has 5 rings (SSSR count). The molecular formula is C23H31GeN. The number of hydrogen-bond acceptors (Lipinski definition) is 1. The van der Waals surface area contributed by atoms with Crippen LogP contribution in [0.15, 0.2) is 42.6 Å². The molecule has 3 fully saturated rings. The SMILES string of the molecule is [CH3][Ge]([CH3])([CH3])[c]1cnc(-c2ccccc2)cc1CC1CC2CCC1CC2. The van der Waals surface area contributed by atoms with Gasteiger partial charge < -0.3 is 0 Å². The van der Waals surface area contributed by atoms with E-state index in [0.29, 0.717) is 0 Å². The molecule has 1 atom stereocenters. The summed E-state index contributed by atoms with van der Waals surface area (Å²) in [6, 6.07) is 13.1. The zero-order valence-corrected chi connectivity index (χ0v) is 18.1. The van der Waals surface area contributed by atoms with E-state index < -0.39 is 13.3 Å². The van der Waals surface area contributed by atoms with Crippen molar-refractivity contribution in [3.63, 3.8) is 0 Å². The Labute approximate surface area is 155 Å². The number of rotatable bonds is 4. The summed E-state index contributed by atoms with van der Waals surface area (Å²) in [5.74, 6) is 10.5. The van der Waals surface area contributed by atoms with Crippen LogP contribution in [0, 0.1) is 17.8 Å². The van der Waals surface area contributed by atoms with Crippen LogP contribution in [0.2, 0.25) is 17.3 Å². The Morgan fingerprint density at radius 1 is 1.00 bits per heavy atom. The molecule has 2 bridgehead atoms. The van der Waals surface area contributed by atoms with Crippen molar-refractivity contribution in [2.75, 3.05) is 0 Å². The van der Waals surface area contributed by atoms with Crippen molar-refractivity contribution in [2.24, 2.45) is 17.8 Å². The quantitative estimate of drug-likeness (QED) is 0.610. The molecule has 1 nitrogen and oxygen atoms in total. The molecule has 0 aliphatic heterocycles. The molecule has 3 aliphatic rings. The first kappa shape index (κ1) is 17.3. The van der Waals surface area contributed by atoms with E-state index in [1.807, 2.05) is 0 Å². The standard InChI is InChI=1S/C23H31GeN/c1-24(2,3)22-16-25-23(19-7-5-4-6-8-19)15-21(22)14-20-13-17-9-11-18(20)12-10-17/h4-8,15-18,20H,9-14H2,1-3H3. The van der Waals surface area contributed by atoms with Crippen LogP contribution in [-0.2, 0) is 6.42 Å². The van der Waals surface area contributed by atoms with Gasteiger partial charge in [-0.3, -0.25) is 0 Å². The Hall–Kier alpha value is -1.09. The molecule has 2 heteroatoms. The van der Waals surface area contributed by atoms with Crippen LogP contribution in [0.4, 0.5) is 0 Å². The average molecular weight is 394 g/mol. The van der Waals surface area contributed by atoms with E-state index in [-0.39, 0.29) is 0 Å². The third-order valence-corrected chi connectivity index (χ3v) is 10.9. The number of benzene rings is 1. The molecule has 2 aromatic rings. The fraction of sp³-hybridized carbons (Fsp3) is 0.522. The Balaban J connectivity index is 1.68. The van der Waals surface area contributed by atoms with Gasteiger partial charge in [0.05, 0.1) is 0 Å². The average Bonchev–Trinajstić information content (AvgIpc) is 2.62. The van der Waals surface area contributed by atoms with Crippen molar-refractivity contribution in [1.29, 1.82) is 0 Å². The van der Waals surface area contributed by atoms with Crippen LogP contribution < -0.4 is 4.40 Å². The van der Waals surface area contributed by atoms with Crippen molar-refractivity contribution in [3.8, 4) is 11.3 Å². The van der Waals surface area contributed by atoms with Gasteiger partial charge in [0, 0.05) is 0 Å². The monoisotopic (exact) mass is 395 g/mol. The first-order valence-electron chi connectivity index (χ1n) is 10.1. The number of fused-ring (bicyclic) bond motifs is 3. The third-order valence-electron chi connectivity index (χ3n) is 6.54. The summed E-state index contributed by atoms with van der Waals surface area (Å²) in [6.45, 7) is 0. The Morgan fingerprint density at radius 2 is 1.72 bits per heavy atom. The van der Waals surface area contributed by atoms with Gasteiger partial charge in [-0.25, -0.2) is 0 Å². The van der Waals surface area contributed by atoms with Crippen LogP contribution in [0.5, 0.6) is 0 Å². The van der Waals surface area contributed by atoms with Gasteiger partial charge in [-0.1, -0.05) is 0 Å². The first-order chi connectivity index (χ1) is 12.0. The van der Waals surface area contributed by atoms with Gasteiger partial charge in [0.2, 0.25) is 0 Å². The van der Waals surface area contributed by atoms with E-state index >= 15 is 0 Å². The molecule has 3 aliphatic carbocycles. The van der Waals surface area contributed by atoms with E-state index in [1.165, 1.54) is 44.1 Å². The predicted molar refractivity (Wildman–Crippen MR) is 110 cm³/mol. The molecule has 0 N–H and O–H groups in total. The maximum absolute atomic E-state index is 4.86. The molecule has 3 saturated carbocycles. The van der Waals surface area contributed by atoms with Gasteiger partial charge in [-0.15, -0.1) is 0 Å². The van der Waals surface area contributed by atoms with Crippen molar-refractivity contribution in [3.05, 3.63) is 48.2 Å². The second-order valence-electron chi connectivity index (χ2n) is 9.32. The van der Waals surface area contributed by atoms with Gasteiger partial charge in [-0.05, 0) is 0 Å². The number of hydrogen-bond donors (Lipinski definition) is 0. The summed E-state index contributed by atoms with van der Waals surface area (Å²) in [6.07, 6.45) is 11.0. The summed E-state index contributed by atoms with van der Waals surface area (Å²) in [5, 5.41) is 0. The third kappa shape index (κ3) is 3.72. The summed E-state index contributed by atoms with van der Waals surface area (Å²) in [5.41, 5.74) is 4.03. The minimum absolute atomic E-state index is 0.919. The summed E-state index contributed by atoms with van der Waals surface area (Å²) in [7, 11) is 0. The van der Waals surface area contributed by atoms with Gasteiger partial charge in [-0.2, -0.15) is 0 Å². The molecule has 132 valence electrons. The maximum atomic E-state index is 4.86. The van der Waals surface area contributed by atoms with Crippen LogP contribution in [-0.4, -0.2) is 18.3 Å². The first-order valence-corrected chi connectivity index (χ1v) is 17.4. The van der Waals surface area contributed by atoms with E-state index in [0.717, 1.165) is 23.4 Å². The number of nitrogens with zero attached hydrogens (tertiary/aromatic N) is 1.